The Morgan fingerprint density at radius 3 is 2.43 bits per heavy atom. The zero-order chi connectivity index (χ0) is 16.9. The van der Waals surface area contributed by atoms with E-state index in [-0.39, 0.29) is 11.5 Å². The Morgan fingerprint density at radius 2 is 1.78 bits per heavy atom. The molecular formula is C15H15BrN2O4S. The molecule has 2 aromatic rings. The monoisotopic (exact) mass is 398 g/mol. The molecule has 122 valence electrons. The number of amides is 1. The molecule has 2 aromatic carbocycles. The van der Waals surface area contributed by atoms with E-state index in [4.69, 9.17) is 4.74 Å². The van der Waals surface area contributed by atoms with Gasteiger partial charge in [0.15, 0.2) is 6.61 Å². The largest absolute Gasteiger partial charge is 0.484 e. The smallest absolute Gasteiger partial charge is 0.272 e. The van der Waals surface area contributed by atoms with Crippen LogP contribution < -0.4 is 15.0 Å². The average Bonchev–Trinajstić information content (AvgIpc) is 2.53. The summed E-state index contributed by atoms with van der Waals surface area (Å²) in [5, 5.41) is 0. The number of nitrogens with one attached hydrogen (secondary N) is 2. The number of halogens is 1. The van der Waals surface area contributed by atoms with Crippen molar-refractivity contribution in [2.24, 2.45) is 0 Å². The number of hydrogen-bond donors (Lipinski definition) is 2. The Balaban J connectivity index is 1.89. The second-order valence-corrected chi connectivity index (χ2v) is 7.19. The van der Waals surface area contributed by atoms with Crippen molar-refractivity contribution in [1.82, 2.24) is 10.3 Å². The highest BCUT2D eigenvalue weighted by Crippen LogP contribution is 2.20. The fourth-order valence-corrected chi connectivity index (χ4v) is 3.53. The van der Waals surface area contributed by atoms with Crippen LogP contribution in [0.3, 0.4) is 0 Å². The van der Waals surface area contributed by atoms with Crippen molar-refractivity contribution in [1.29, 1.82) is 0 Å². The lowest BCUT2D eigenvalue weighted by atomic mass is 10.2. The zero-order valence-corrected chi connectivity index (χ0v) is 14.6. The minimum atomic E-state index is -3.86. The van der Waals surface area contributed by atoms with E-state index >= 15 is 0 Å². The molecule has 0 saturated heterocycles. The van der Waals surface area contributed by atoms with Crippen molar-refractivity contribution in [2.45, 2.75) is 11.8 Å². The van der Waals surface area contributed by atoms with Gasteiger partial charge in [0.05, 0.1) is 4.90 Å². The maximum Gasteiger partial charge on any atom is 0.272 e. The highest BCUT2D eigenvalue weighted by molar-refractivity contribution is 9.10. The summed E-state index contributed by atoms with van der Waals surface area (Å²) in [6.45, 7) is 1.63. The van der Waals surface area contributed by atoms with Crippen LogP contribution in [0.1, 0.15) is 5.56 Å². The van der Waals surface area contributed by atoms with E-state index in [1.165, 1.54) is 6.07 Å². The number of carbonyl (C=O) groups is 1. The van der Waals surface area contributed by atoms with Crippen LogP contribution in [0, 0.1) is 6.92 Å². The number of sulfonamides is 1. The van der Waals surface area contributed by atoms with Gasteiger partial charge in [0.25, 0.3) is 15.9 Å². The van der Waals surface area contributed by atoms with Gasteiger partial charge in [-0.3, -0.25) is 10.2 Å². The predicted octanol–water partition coefficient (Wildman–Crippen LogP) is 2.15. The Bertz CT molecular complexity index is 791. The van der Waals surface area contributed by atoms with Gasteiger partial charge in [-0.1, -0.05) is 29.8 Å². The summed E-state index contributed by atoms with van der Waals surface area (Å²) >= 11 is 3.15. The van der Waals surface area contributed by atoms with E-state index in [2.05, 4.69) is 21.4 Å². The Morgan fingerprint density at radius 1 is 1.13 bits per heavy atom. The van der Waals surface area contributed by atoms with Crippen molar-refractivity contribution >= 4 is 31.9 Å². The van der Waals surface area contributed by atoms with E-state index in [9.17, 15) is 13.2 Å². The number of hydrogen-bond acceptors (Lipinski definition) is 4. The van der Waals surface area contributed by atoms with Crippen molar-refractivity contribution in [2.75, 3.05) is 6.61 Å². The predicted molar refractivity (Wildman–Crippen MR) is 89.3 cm³/mol. The molecule has 0 heterocycles. The molecule has 0 aliphatic carbocycles. The Hall–Kier alpha value is -1.90. The molecule has 0 atom stereocenters. The van der Waals surface area contributed by atoms with Crippen LogP contribution in [0.2, 0.25) is 0 Å². The number of carbonyl (C=O) groups excluding carboxylic acids is 1. The minimum Gasteiger partial charge on any atom is -0.484 e. The van der Waals surface area contributed by atoms with Crippen LogP contribution in [-0.4, -0.2) is 20.9 Å². The van der Waals surface area contributed by atoms with Crippen LogP contribution in [0.4, 0.5) is 0 Å². The standard InChI is InChI=1S/C15H15BrN2O4S/c1-11-6-8-12(9-7-11)22-10-15(19)17-18-23(20,21)14-5-3-2-4-13(14)16/h2-9,18H,10H2,1H3,(H,17,19). The molecule has 0 unspecified atom stereocenters. The van der Waals surface area contributed by atoms with Gasteiger partial charge in [0, 0.05) is 4.47 Å². The van der Waals surface area contributed by atoms with Crippen LogP contribution in [0.5, 0.6) is 5.75 Å². The van der Waals surface area contributed by atoms with E-state index in [0.717, 1.165) is 5.56 Å². The quantitative estimate of drug-likeness (QED) is 0.730. The SMILES string of the molecule is Cc1ccc(OCC(=O)NNS(=O)(=O)c2ccccc2Br)cc1. The molecule has 2 N–H and O–H groups in total. The van der Waals surface area contributed by atoms with Gasteiger partial charge in [0.1, 0.15) is 5.75 Å². The second kappa shape index (κ2) is 7.58. The maximum atomic E-state index is 12.1. The highest BCUT2D eigenvalue weighted by Gasteiger charge is 2.17. The van der Waals surface area contributed by atoms with Gasteiger partial charge in [0.2, 0.25) is 0 Å². The van der Waals surface area contributed by atoms with Gasteiger partial charge >= 0.3 is 0 Å². The molecule has 0 aliphatic heterocycles. The molecule has 0 bridgehead atoms. The normalized spacial score (nSPS) is 11.0. The van der Waals surface area contributed by atoms with Crippen molar-refractivity contribution in [3.05, 3.63) is 58.6 Å². The van der Waals surface area contributed by atoms with Crippen LogP contribution in [0.25, 0.3) is 0 Å². The van der Waals surface area contributed by atoms with Crippen LogP contribution in [-0.2, 0) is 14.8 Å². The minimum absolute atomic E-state index is 0.0275. The molecule has 8 heteroatoms. The first-order chi connectivity index (χ1) is 10.9. The molecule has 0 saturated carbocycles. The lowest BCUT2D eigenvalue weighted by molar-refractivity contribution is -0.123. The first-order valence-electron chi connectivity index (χ1n) is 6.63. The topological polar surface area (TPSA) is 84.5 Å². The lowest BCUT2D eigenvalue weighted by Gasteiger charge is -2.10. The lowest BCUT2D eigenvalue weighted by Crippen LogP contribution is -2.43. The number of benzene rings is 2. The van der Waals surface area contributed by atoms with Crippen molar-refractivity contribution < 1.29 is 17.9 Å². The Labute approximate surface area is 143 Å². The molecule has 0 aliphatic rings. The van der Waals surface area contributed by atoms with Crippen LogP contribution >= 0.6 is 15.9 Å². The summed E-state index contributed by atoms with van der Waals surface area (Å²) in [6.07, 6.45) is 0. The third-order valence-electron chi connectivity index (χ3n) is 2.84. The molecule has 6 nitrogen and oxygen atoms in total. The summed E-state index contributed by atoms with van der Waals surface area (Å²) in [5.74, 6) is -0.0828. The van der Waals surface area contributed by atoms with Crippen molar-refractivity contribution in [3.8, 4) is 5.75 Å². The first kappa shape index (κ1) is 17.5. The molecule has 0 spiro atoms. The molecule has 0 radical (unpaired) electrons. The summed E-state index contributed by atoms with van der Waals surface area (Å²) in [7, 11) is -3.86. The van der Waals surface area contributed by atoms with E-state index in [1.807, 2.05) is 23.9 Å². The first-order valence-corrected chi connectivity index (χ1v) is 8.91. The zero-order valence-electron chi connectivity index (χ0n) is 12.2. The molecule has 1 amide bonds. The van der Waals surface area contributed by atoms with Gasteiger partial charge < -0.3 is 4.74 Å². The van der Waals surface area contributed by atoms with E-state index in [1.54, 1.807) is 30.3 Å². The average molecular weight is 399 g/mol. The molecular weight excluding hydrogens is 384 g/mol. The van der Waals surface area contributed by atoms with Gasteiger partial charge in [-0.05, 0) is 47.1 Å². The van der Waals surface area contributed by atoms with Gasteiger partial charge in [-0.15, -0.1) is 4.83 Å². The summed E-state index contributed by atoms with van der Waals surface area (Å²) in [6, 6.07) is 13.4. The highest BCUT2D eigenvalue weighted by atomic mass is 79.9. The third-order valence-corrected chi connectivity index (χ3v) is 5.10. The second-order valence-electron chi connectivity index (χ2n) is 4.69. The summed E-state index contributed by atoms with van der Waals surface area (Å²) < 4.78 is 29.8. The van der Waals surface area contributed by atoms with Crippen molar-refractivity contribution in [3.63, 3.8) is 0 Å². The summed E-state index contributed by atoms with van der Waals surface area (Å²) in [4.78, 5) is 13.7. The van der Waals surface area contributed by atoms with Gasteiger partial charge in [-0.25, -0.2) is 8.42 Å². The fraction of sp³-hybridized carbons (Fsp3) is 0.133. The van der Waals surface area contributed by atoms with E-state index in [0.29, 0.717) is 10.2 Å². The Kier molecular flexibility index (Phi) is 5.75. The molecule has 0 aromatic heterocycles. The molecule has 0 fully saturated rings. The number of hydrazine groups is 1. The van der Waals surface area contributed by atoms with Gasteiger partial charge in [-0.2, -0.15) is 0 Å². The number of aryl methyl sites for hydroxylation is 1. The summed E-state index contributed by atoms with van der Waals surface area (Å²) in [5.41, 5.74) is 3.18. The molecule has 2 rings (SSSR count). The number of rotatable bonds is 6. The maximum absolute atomic E-state index is 12.1. The van der Waals surface area contributed by atoms with E-state index < -0.39 is 15.9 Å². The third kappa shape index (κ3) is 5.05. The fourth-order valence-electron chi connectivity index (χ4n) is 1.66. The molecule has 23 heavy (non-hydrogen) atoms. The van der Waals surface area contributed by atoms with Crippen LogP contribution in [0.15, 0.2) is 57.9 Å². The number of ether oxygens (including phenoxy) is 1.